The Balaban J connectivity index is 2.20. The van der Waals surface area contributed by atoms with Gasteiger partial charge in [0.05, 0.1) is 17.1 Å². The minimum atomic E-state index is -3.74. The van der Waals surface area contributed by atoms with E-state index in [0.717, 1.165) is 0 Å². The van der Waals surface area contributed by atoms with E-state index in [-0.39, 0.29) is 11.3 Å². The molecule has 0 unspecified atom stereocenters. The van der Waals surface area contributed by atoms with Crippen molar-refractivity contribution in [2.45, 2.75) is 11.8 Å². The van der Waals surface area contributed by atoms with Crippen molar-refractivity contribution < 1.29 is 18.0 Å². The molecular formula is C18H18N4O4S. The third kappa shape index (κ3) is 5.90. The first-order chi connectivity index (χ1) is 12.8. The molecule has 2 rings (SSSR count). The summed E-state index contributed by atoms with van der Waals surface area (Å²) in [5.74, 6) is -2.37. The number of nitrogens with one attached hydrogen (secondary N) is 1. The van der Waals surface area contributed by atoms with Crippen molar-refractivity contribution in [1.29, 1.82) is 5.26 Å². The second-order valence-electron chi connectivity index (χ2n) is 5.81. The van der Waals surface area contributed by atoms with E-state index < -0.39 is 33.4 Å². The Morgan fingerprint density at radius 3 is 2.52 bits per heavy atom. The second-order valence-corrected chi connectivity index (χ2v) is 7.91. The summed E-state index contributed by atoms with van der Waals surface area (Å²) < 4.78 is 25.1. The number of carbonyl (C=O) groups excluding carboxylic acids is 2. The van der Waals surface area contributed by atoms with Gasteiger partial charge in [0.1, 0.15) is 6.04 Å². The summed E-state index contributed by atoms with van der Waals surface area (Å²) in [6, 6.07) is 10.1. The number of amides is 2. The maximum atomic E-state index is 12.5. The van der Waals surface area contributed by atoms with E-state index in [0.29, 0.717) is 10.5 Å². The van der Waals surface area contributed by atoms with Gasteiger partial charge in [-0.25, -0.2) is 8.42 Å². The van der Waals surface area contributed by atoms with Gasteiger partial charge in [-0.2, -0.15) is 5.26 Å². The number of nitriles is 1. The van der Waals surface area contributed by atoms with Crippen LogP contribution < -0.4 is 5.32 Å². The van der Waals surface area contributed by atoms with Gasteiger partial charge >= 0.3 is 0 Å². The number of pyridine rings is 1. The van der Waals surface area contributed by atoms with E-state index in [9.17, 15) is 18.0 Å². The monoisotopic (exact) mass is 386 g/mol. The molecule has 8 nitrogen and oxygen atoms in total. The molecule has 0 saturated heterocycles. The number of benzene rings is 1. The summed E-state index contributed by atoms with van der Waals surface area (Å²) in [6.07, 6.45) is 4.39. The standard InChI is InChI=1S/C18H18N4O4S/c1-22(13-19)18(24)16(21-17(23)15-8-5-9-20-10-15)12-27(25,26)11-14-6-3-2-4-7-14/h2-10,16H,11-12H2,1H3,(H,21,23)/t16-/m0/s1. The highest BCUT2D eigenvalue weighted by Gasteiger charge is 2.30. The van der Waals surface area contributed by atoms with E-state index in [1.54, 1.807) is 42.6 Å². The van der Waals surface area contributed by atoms with E-state index in [1.165, 1.54) is 25.5 Å². The van der Waals surface area contributed by atoms with Gasteiger partial charge < -0.3 is 5.32 Å². The van der Waals surface area contributed by atoms with E-state index in [4.69, 9.17) is 5.26 Å². The topological polar surface area (TPSA) is 120 Å². The Kier molecular flexibility index (Phi) is 6.62. The number of aromatic nitrogens is 1. The number of rotatable bonds is 7. The molecule has 1 N–H and O–H groups in total. The number of carbonyl (C=O) groups is 2. The summed E-state index contributed by atoms with van der Waals surface area (Å²) in [5.41, 5.74) is 0.742. The zero-order chi connectivity index (χ0) is 19.9. The molecule has 2 amide bonds. The van der Waals surface area contributed by atoms with Crippen molar-refractivity contribution in [3.8, 4) is 6.19 Å². The van der Waals surface area contributed by atoms with Crippen molar-refractivity contribution in [2.75, 3.05) is 12.8 Å². The number of sulfone groups is 1. The van der Waals surface area contributed by atoms with Gasteiger partial charge in [-0.05, 0) is 17.7 Å². The lowest BCUT2D eigenvalue weighted by Gasteiger charge is -2.20. The zero-order valence-corrected chi connectivity index (χ0v) is 15.4. The van der Waals surface area contributed by atoms with E-state index in [2.05, 4.69) is 10.3 Å². The molecule has 0 radical (unpaired) electrons. The maximum absolute atomic E-state index is 12.5. The molecule has 0 aliphatic rings. The number of hydrogen-bond donors (Lipinski definition) is 1. The fourth-order valence-electron chi connectivity index (χ4n) is 2.34. The molecule has 0 fully saturated rings. The third-order valence-corrected chi connectivity index (χ3v) is 5.27. The van der Waals surface area contributed by atoms with Gasteiger partial charge in [-0.3, -0.25) is 19.5 Å². The highest BCUT2D eigenvalue weighted by Crippen LogP contribution is 2.09. The quantitative estimate of drug-likeness (QED) is 0.553. The lowest BCUT2D eigenvalue weighted by molar-refractivity contribution is -0.128. The van der Waals surface area contributed by atoms with Crippen LogP contribution in [-0.4, -0.2) is 49.0 Å². The predicted molar refractivity (Wildman–Crippen MR) is 97.8 cm³/mol. The summed E-state index contributed by atoms with van der Waals surface area (Å²) in [6.45, 7) is 0. The molecule has 0 aliphatic heterocycles. The Morgan fingerprint density at radius 2 is 1.93 bits per heavy atom. The second kappa shape index (κ2) is 8.91. The van der Waals surface area contributed by atoms with Crippen LogP contribution in [0, 0.1) is 11.5 Å². The van der Waals surface area contributed by atoms with E-state index in [1.807, 2.05) is 0 Å². The maximum Gasteiger partial charge on any atom is 0.258 e. The van der Waals surface area contributed by atoms with E-state index >= 15 is 0 Å². The van der Waals surface area contributed by atoms with Crippen LogP contribution in [0.15, 0.2) is 54.9 Å². The summed E-state index contributed by atoms with van der Waals surface area (Å²) in [5, 5.41) is 11.3. The first-order valence-corrected chi connectivity index (χ1v) is 9.77. The number of likely N-dealkylation sites (N-methyl/N-ethyl adjacent to an activating group) is 1. The molecule has 1 heterocycles. The van der Waals surface area contributed by atoms with Gasteiger partial charge in [-0.1, -0.05) is 30.3 Å². The average molecular weight is 386 g/mol. The van der Waals surface area contributed by atoms with Crippen LogP contribution in [0.5, 0.6) is 0 Å². The van der Waals surface area contributed by atoms with Crippen molar-refractivity contribution >= 4 is 21.7 Å². The average Bonchev–Trinajstić information content (AvgIpc) is 2.67. The molecule has 9 heteroatoms. The largest absolute Gasteiger partial charge is 0.339 e. The molecule has 0 saturated carbocycles. The highest BCUT2D eigenvalue weighted by molar-refractivity contribution is 7.90. The molecule has 1 atom stereocenters. The van der Waals surface area contributed by atoms with Crippen molar-refractivity contribution in [1.82, 2.24) is 15.2 Å². The molecule has 140 valence electrons. The smallest absolute Gasteiger partial charge is 0.258 e. The molecule has 27 heavy (non-hydrogen) atoms. The van der Waals surface area contributed by atoms with Crippen molar-refractivity contribution in [3.05, 3.63) is 66.0 Å². The normalized spacial score (nSPS) is 11.9. The van der Waals surface area contributed by atoms with Crippen molar-refractivity contribution in [3.63, 3.8) is 0 Å². The van der Waals surface area contributed by atoms with Crippen molar-refractivity contribution in [2.24, 2.45) is 0 Å². The van der Waals surface area contributed by atoms with Crippen LogP contribution in [0.3, 0.4) is 0 Å². The lowest BCUT2D eigenvalue weighted by atomic mass is 10.2. The Morgan fingerprint density at radius 1 is 1.22 bits per heavy atom. The molecule has 0 aliphatic carbocycles. The molecule has 0 bridgehead atoms. The summed E-state index contributed by atoms with van der Waals surface area (Å²) in [4.78, 5) is 29.2. The van der Waals surface area contributed by atoms with Gasteiger partial charge in [0.15, 0.2) is 16.0 Å². The zero-order valence-electron chi connectivity index (χ0n) is 14.6. The van der Waals surface area contributed by atoms with Gasteiger partial charge in [-0.15, -0.1) is 0 Å². The lowest BCUT2D eigenvalue weighted by Crippen LogP contribution is -2.50. The van der Waals surface area contributed by atoms with Crippen LogP contribution >= 0.6 is 0 Å². The molecule has 2 aromatic rings. The molecule has 1 aromatic carbocycles. The third-order valence-electron chi connectivity index (χ3n) is 3.66. The predicted octanol–water partition coefficient (Wildman–Crippen LogP) is 0.734. The van der Waals surface area contributed by atoms with Crippen LogP contribution in [0.4, 0.5) is 0 Å². The highest BCUT2D eigenvalue weighted by atomic mass is 32.2. The first kappa shape index (κ1) is 20.1. The van der Waals surface area contributed by atoms with Crippen LogP contribution in [0.2, 0.25) is 0 Å². The Labute approximate surface area is 157 Å². The summed E-state index contributed by atoms with van der Waals surface area (Å²) >= 11 is 0. The molecule has 1 aromatic heterocycles. The van der Waals surface area contributed by atoms with Crippen LogP contribution in [-0.2, 0) is 20.4 Å². The SMILES string of the molecule is CN(C#N)C(=O)[C@H](CS(=O)(=O)Cc1ccccc1)NC(=O)c1cccnc1. The fraction of sp³-hybridized carbons (Fsp3) is 0.222. The summed E-state index contributed by atoms with van der Waals surface area (Å²) in [7, 11) is -2.53. The van der Waals surface area contributed by atoms with Gasteiger partial charge in [0.2, 0.25) is 0 Å². The Hall–Kier alpha value is -3.25. The minimum absolute atomic E-state index is 0.176. The molecule has 0 spiro atoms. The number of nitrogens with zero attached hydrogens (tertiary/aromatic N) is 3. The Bertz CT molecular complexity index is 940. The number of hydrogen-bond acceptors (Lipinski definition) is 6. The first-order valence-electron chi connectivity index (χ1n) is 7.95. The fourth-order valence-corrected chi connectivity index (χ4v) is 3.89. The van der Waals surface area contributed by atoms with Crippen LogP contribution in [0.1, 0.15) is 15.9 Å². The van der Waals surface area contributed by atoms with Crippen LogP contribution in [0.25, 0.3) is 0 Å². The minimum Gasteiger partial charge on any atom is -0.339 e. The van der Waals surface area contributed by atoms with Gasteiger partial charge in [0, 0.05) is 19.4 Å². The molecular weight excluding hydrogens is 368 g/mol. The van der Waals surface area contributed by atoms with Gasteiger partial charge in [0.25, 0.3) is 11.8 Å².